The van der Waals surface area contributed by atoms with Crippen LogP contribution in [-0.2, 0) is 22.6 Å². The number of amides is 3. The topological polar surface area (TPSA) is 131 Å². The second kappa shape index (κ2) is 10.6. The van der Waals surface area contributed by atoms with Crippen molar-refractivity contribution in [2.75, 3.05) is 11.9 Å². The van der Waals surface area contributed by atoms with E-state index < -0.39 is 30.6 Å². The predicted molar refractivity (Wildman–Crippen MR) is 122 cm³/mol. The van der Waals surface area contributed by atoms with E-state index in [2.05, 4.69) is 25.7 Å². The largest absolute Gasteiger partial charge is 0.405 e. The average molecular weight is 508 g/mol. The van der Waals surface area contributed by atoms with Crippen molar-refractivity contribution in [3.8, 4) is 0 Å². The zero-order valence-corrected chi connectivity index (χ0v) is 19.7. The van der Waals surface area contributed by atoms with E-state index >= 15 is 0 Å². The van der Waals surface area contributed by atoms with Gasteiger partial charge in [0.15, 0.2) is 5.82 Å². The average Bonchev–Trinajstić information content (AvgIpc) is 3.77. The second-order valence-corrected chi connectivity index (χ2v) is 9.19. The van der Waals surface area contributed by atoms with Gasteiger partial charge in [0.1, 0.15) is 18.3 Å². The van der Waals surface area contributed by atoms with Crippen LogP contribution in [0.1, 0.15) is 48.8 Å². The molecular weight excluding hydrogens is 479 g/mol. The van der Waals surface area contributed by atoms with Gasteiger partial charge in [-0.3, -0.25) is 24.0 Å². The van der Waals surface area contributed by atoms with Crippen LogP contribution in [0.2, 0.25) is 0 Å². The molecule has 10 nitrogen and oxygen atoms in total. The van der Waals surface area contributed by atoms with Crippen molar-refractivity contribution in [3.05, 3.63) is 36.0 Å². The van der Waals surface area contributed by atoms with Crippen LogP contribution in [0.15, 0.2) is 24.7 Å². The summed E-state index contributed by atoms with van der Waals surface area (Å²) < 4.78 is 38.3. The van der Waals surface area contributed by atoms with Gasteiger partial charge in [-0.05, 0) is 56.4 Å². The highest BCUT2D eigenvalue weighted by Crippen LogP contribution is 2.50. The number of nitrogens with one attached hydrogen (secondary N) is 3. The van der Waals surface area contributed by atoms with Crippen LogP contribution in [0.3, 0.4) is 0 Å². The molecule has 3 N–H and O–H groups in total. The number of aryl methyl sites for hydroxylation is 1. The van der Waals surface area contributed by atoms with Crippen molar-refractivity contribution in [2.24, 2.45) is 17.8 Å². The van der Waals surface area contributed by atoms with Gasteiger partial charge < -0.3 is 16.0 Å². The van der Waals surface area contributed by atoms with E-state index in [4.69, 9.17) is 0 Å². The molecule has 0 spiro atoms. The van der Waals surface area contributed by atoms with Gasteiger partial charge in [-0.15, -0.1) is 0 Å². The number of alkyl halides is 3. The summed E-state index contributed by atoms with van der Waals surface area (Å²) in [4.78, 5) is 46.1. The van der Waals surface area contributed by atoms with E-state index in [1.807, 2.05) is 6.92 Å². The number of aromatic nitrogens is 4. The molecule has 2 fully saturated rings. The highest BCUT2D eigenvalue weighted by molar-refractivity contribution is 6.00. The molecule has 2 aliphatic carbocycles. The van der Waals surface area contributed by atoms with E-state index in [0.29, 0.717) is 24.1 Å². The van der Waals surface area contributed by atoms with Gasteiger partial charge in [0.2, 0.25) is 11.8 Å². The predicted octanol–water partition coefficient (Wildman–Crippen LogP) is 2.09. The molecule has 2 aliphatic rings. The van der Waals surface area contributed by atoms with Crippen LogP contribution in [0, 0.1) is 17.8 Å². The maximum absolute atomic E-state index is 13.3. The fourth-order valence-corrected chi connectivity index (χ4v) is 4.36. The van der Waals surface area contributed by atoms with Crippen molar-refractivity contribution >= 4 is 23.5 Å². The molecule has 2 aromatic heterocycles. The number of hydrogen-bond acceptors (Lipinski definition) is 6. The normalized spacial score (nSPS) is 16.5. The molecule has 36 heavy (non-hydrogen) atoms. The van der Waals surface area contributed by atoms with Gasteiger partial charge >= 0.3 is 6.18 Å². The van der Waals surface area contributed by atoms with Gasteiger partial charge in [-0.1, -0.05) is 0 Å². The number of carbonyl (C=O) groups is 3. The lowest BCUT2D eigenvalue weighted by Crippen LogP contribution is -2.50. The maximum atomic E-state index is 13.3. The maximum Gasteiger partial charge on any atom is 0.405 e. The van der Waals surface area contributed by atoms with E-state index in [1.165, 1.54) is 18.6 Å². The van der Waals surface area contributed by atoms with Gasteiger partial charge in [-0.25, -0.2) is 4.98 Å². The number of hydrogen-bond donors (Lipinski definition) is 3. The van der Waals surface area contributed by atoms with Crippen molar-refractivity contribution in [1.82, 2.24) is 30.4 Å². The standard InChI is InChI=1S/C23H28F3N7O3/c1-2-33-16(7-8-30-33)21(35)32-20(19(13-3-4-13)14-5-6-14)22(36)31-17-11-27-15(10-28-17)9-18(34)29-12-23(24,25)26/h7-8,10-11,13-14,19-20H,2-6,9,12H2,1H3,(H,29,34)(H,32,35)(H,28,31,36). The van der Waals surface area contributed by atoms with Crippen LogP contribution >= 0.6 is 0 Å². The summed E-state index contributed by atoms with van der Waals surface area (Å²) in [6.07, 6.45) is 3.15. The summed E-state index contributed by atoms with van der Waals surface area (Å²) in [5, 5.41) is 11.5. The first kappa shape index (κ1) is 25.6. The van der Waals surface area contributed by atoms with E-state index in [9.17, 15) is 27.6 Å². The van der Waals surface area contributed by atoms with E-state index in [1.54, 1.807) is 16.1 Å². The van der Waals surface area contributed by atoms with Crippen molar-refractivity contribution < 1.29 is 27.6 Å². The second-order valence-electron chi connectivity index (χ2n) is 9.19. The minimum atomic E-state index is -4.50. The number of anilines is 1. The lowest BCUT2D eigenvalue weighted by Gasteiger charge is -2.27. The molecule has 0 aromatic carbocycles. The van der Waals surface area contributed by atoms with Crippen molar-refractivity contribution in [1.29, 1.82) is 0 Å². The molecule has 1 unspecified atom stereocenters. The molecular formula is C23H28F3N7O3. The summed E-state index contributed by atoms with van der Waals surface area (Å²) >= 11 is 0. The smallest absolute Gasteiger partial charge is 0.347 e. The molecule has 0 radical (unpaired) electrons. The lowest BCUT2D eigenvalue weighted by atomic mass is 9.88. The molecule has 0 bridgehead atoms. The first-order valence-electron chi connectivity index (χ1n) is 11.9. The summed E-state index contributed by atoms with van der Waals surface area (Å²) in [5.41, 5.74) is 0.521. The first-order valence-corrected chi connectivity index (χ1v) is 11.9. The first-order chi connectivity index (χ1) is 17.1. The fraction of sp³-hybridized carbons (Fsp3) is 0.565. The third kappa shape index (κ3) is 6.79. The summed E-state index contributed by atoms with van der Waals surface area (Å²) in [6.45, 7) is 0.952. The SMILES string of the molecule is CCn1nccc1C(=O)NC(C(=O)Nc1cnc(CC(=O)NCC(F)(F)F)cn1)C(C1CC1)C1CC1. The number of nitrogens with zero attached hydrogens (tertiary/aromatic N) is 4. The minimum absolute atomic E-state index is 0.0107. The molecule has 4 rings (SSSR count). The number of carbonyl (C=O) groups excluding carboxylic acids is 3. The van der Waals surface area contributed by atoms with Crippen molar-refractivity contribution in [2.45, 2.75) is 57.8 Å². The molecule has 3 amide bonds. The Morgan fingerprint density at radius 3 is 2.36 bits per heavy atom. The highest BCUT2D eigenvalue weighted by atomic mass is 19.4. The molecule has 2 aromatic rings. The Labute approximate surface area is 205 Å². The molecule has 194 valence electrons. The minimum Gasteiger partial charge on any atom is -0.347 e. The molecule has 2 heterocycles. The summed E-state index contributed by atoms with van der Waals surface area (Å²) in [6, 6.07) is 0.832. The molecule has 13 heteroatoms. The Morgan fingerprint density at radius 2 is 1.81 bits per heavy atom. The Hall–Kier alpha value is -3.51. The van der Waals surface area contributed by atoms with Crippen LogP contribution in [-0.4, -0.2) is 56.2 Å². The Kier molecular flexibility index (Phi) is 7.55. The highest BCUT2D eigenvalue weighted by Gasteiger charge is 2.48. The third-order valence-corrected chi connectivity index (χ3v) is 6.32. The Morgan fingerprint density at radius 1 is 1.11 bits per heavy atom. The van der Waals surface area contributed by atoms with E-state index in [0.717, 1.165) is 25.7 Å². The summed E-state index contributed by atoms with van der Waals surface area (Å²) in [5.74, 6) is -0.781. The van der Waals surface area contributed by atoms with Gasteiger partial charge in [0, 0.05) is 12.7 Å². The van der Waals surface area contributed by atoms with Crippen LogP contribution in [0.5, 0.6) is 0 Å². The number of rotatable bonds is 11. The molecule has 2 saturated carbocycles. The zero-order chi connectivity index (χ0) is 25.9. The monoisotopic (exact) mass is 507 g/mol. The van der Waals surface area contributed by atoms with Crippen LogP contribution in [0.4, 0.5) is 19.0 Å². The van der Waals surface area contributed by atoms with Crippen LogP contribution < -0.4 is 16.0 Å². The molecule has 0 aliphatic heterocycles. The van der Waals surface area contributed by atoms with Gasteiger partial charge in [0.05, 0.1) is 24.5 Å². The molecule has 0 saturated heterocycles. The Balaban J connectivity index is 1.42. The van der Waals surface area contributed by atoms with Gasteiger partial charge in [-0.2, -0.15) is 18.3 Å². The van der Waals surface area contributed by atoms with Crippen LogP contribution in [0.25, 0.3) is 0 Å². The lowest BCUT2D eigenvalue weighted by molar-refractivity contribution is -0.138. The number of halogens is 3. The van der Waals surface area contributed by atoms with Gasteiger partial charge in [0.25, 0.3) is 5.91 Å². The Bertz CT molecular complexity index is 1080. The third-order valence-electron chi connectivity index (χ3n) is 6.32. The summed E-state index contributed by atoms with van der Waals surface area (Å²) in [7, 11) is 0. The van der Waals surface area contributed by atoms with Crippen molar-refractivity contribution in [3.63, 3.8) is 0 Å². The van der Waals surface area contributed by atoms with E-state index in [-0.39, 0.29) is 29.8 Å². The quantitative estimate of drug-likeness (QED) is 0.427. The molecule has 1 atom stereocenters. The zero-order valence-electron chi connectivity index (χ0n) is 19.7. The fourth-order valence-electron chi connectivity index (χ4n) is 4.36.